The highest BCUT2D eigenvalue weighted by molar-refractivity contribution is 5.91. The molecule has 0 aromatic rings. The maximum absolute atomic E-state index is 12.2. The summed E-state index contributed by atoms with van der Waals surface area (Å²) in [5.41, 5.74) is -0.749. The van der Waals surface area contributed by atoms with Crippen LogP contribution in [0.15, 0.2) is 0 Å². The lowest BCUT2D eigenvalue weighted by Gasteiger charge is -2.41. The molecule has 1 aliphatic carbocycles. The fraction of sp³-hybridized carbons (Fsp3) is 0.833. The number of amides is 3. The summed E-state index contributed by atoms with van der Waals surface area (Å²) in [4.78, 5) is 25.5. The molecule has 96 valence electrons. The molecule has 17 heavy (non-hydrogen) atoms. The molecule has 0 bridgehead atoms. The normalized spacial score (nSPS) is 24.6. The number of hydrogen-bond donors (Lipinski definition) is 2. The Morgan fingerprint density at radius 3 is 2.71 bits per heavy atom. The summed E-state index contributed by atoms with van der Waals surface area (Å²) in [7, 11) is 0. The Labute approximate surface area is 102 Å². The van der Waals surface area contributed by atoms with Crippen LogP contribution in [0.3, 0.4) is 0 Å². The second-order valence-electron chi connectivity index (χ2n) is 5.40. The van der Waals surface area contributed by atoms with Gasteiger partial charge in [0.05, 0.1) is 0 Å². The first kappa shape index (κ1) is 12.2. The first-order valence-corrected chi connectivity index (χ1v) is 6.38. The number of urea groups is 1. The van der Waals surface area contributed by atoms with Crippen LogP contribution in [0.5, 0.6) is 0 Å². The van der Waals surface area contributed by atoms with E-state index in [1.165, 1.54) is 12.8 Å². The second-order valence-corrected chi connectivity index (χ2v) is 5.40. The first-order chi connectivity index (χ1) is 8.01. The Bertz CT molecular complexity index is 322. The van der Waals surface area contributed by atoms with Gasteiger partial charge >= 0.3 is 6.03 Å². The topological polar surface area (TPSA) is 61.4 Å². The minimum absolute atomic E-state index is 0.0784. The van der Waals surface area contributed by atoms with Gasteiger partial charge < -0.3 is 15.5 Å². The van der Waals surface area contributed by atoms with Crippen molar-refractivity contribution in [1.29, 1.82) is 0 Å². The highest BCUT2D eigenvalue weighted by Gasteiger charge is 2.40. The van der Waals surface area contributed by atoms with E-state index >= 15 is 0 Å². The smallest absolute Gasteiger partial charge is 0.318 e. The SMILES string of the molecule is CC1(C)C(=O)NCCN1C(=O)NC1CCCC1. The molecule has 2 rings (SSSR count). The highest BCUT2D eigenvalue weighted by Crippen LogP contribution is 2.21. The summed E-state index contributed by atoms with van der Waals surface area (Å²) >= 11 is 0. The molecule has 2 fully saturated rings. The fourth-order valence-electron chi connectivity index (χ4n) is 2.58. The molecule has 2 aliphatic rings. The van der Waals surface area contributed by atoms with Crippen molar-refractivity contribution >= 4 is 11.9 Å². The number of carbonyl (C=O) groups excluding carboxylic acids is 2. The van der Waals surface area contributed by atoms with E-state index in [0.717, 1.165) is 12.8 Å². The van der Waals surface area contributed by atoms with Crippen LogP contribution in [-0.4, -0.2) is 41.5 Å². The van der Waals surface area contributed by atoms with Crippen LogP contribution in [-0.2, 0) is 4.79 Å². The number of carbonyl (C=O) groups is 2. The Hall–Kier alpha value is -1.26. The van der Waals surface area contributed by atoms with Gasteiger partial charge in [-0.05, 0) is 26.7 Å². The third-order valence-corrected chi connectivity index (χ3v) is 3.78. The summed E-state index contributed by atoms with van der Waals surface area (Å²) in [5, 5.41) is 5.82. The molecule has 5 nitrogen and oxygen atoms in total. The molecule has 0 spiro atoms. The third kappa shape index (κ3) is 2.37. The van der Waals surface area contributed by atoms with Crippen LogP contribution in [0.25, 0.3) is 0 Å². The van der Waals surface area contributed by atoms with Crippen LogP contribution in [0.2, 0.25) is 0 Å². The van der Waals surface area contributed by atoms with Gasteiger partial charge in [-0.2, -0.15) is 0 Å². The molecule has 1 heterocycles. The number of nitrogens with one attached hydrogen (secondary N) is 2. The largest absolute Gasteiger partial charge is 0.352 e. The van der Waals surface area contributed by atoms with Crippen molar-refractivity contribution in [2.45, 2.75) is 51.1 Å². The van der Waals surface area contributed by atoms with Gasteiger partial charge in [0.1, 0.15) is 5.54 Å². The number of piperazine rings is 1. The standard InChI is InChI=1S/C12H21N3O2/c1-12(2)10(16)13-7-8-15(12)11(17)14-9-5-3-4-6-9/h9H,3-8H2,1-2H3,(H,13,16)(H,14,17). The average molecular weight is 239 g/mol. The van der Waals surface area contributed by atoms with Gasteiger partial charge in [-0.15, -0.1) is 0 Å². The van der Waals surface area contributed by atoms with Crippen molar-refractivity contribution in [3.63, 3.8) is 0 Å². The lowest BCUT2D eigenvalue weighted by molar-refractivity contribution is -0.132. The van der Waals surface area contributed by atoms with Gasteiger partial charge in [0.15, 0.2) is 0 Å². The summed E-state index contributed by atoms with van der Waals surface area (Å²) in [6.45, 7) is 4.70. The van der Waals surface area contributed by atoms with Crippen molar-refractivity contribution in [1.82, 2.24) is 15.5 Å². The molecule has 0 radical (unpaired) electrons. The van der Waals surface area contributed by atoms with Crippen LogP contribution in [0.4, 0.5) is 4.79 Å². The van der Waals surface area contributed by atoms with Crippen molar-refractivity contribution in [3.05, 3.63) is 0 Å². The van der Waals surface area contributed by atoms with Gasteiger partial charge in [0.25, 0.3) is 0 Å². The monoisotopic (exact) mass is 239 g/mol. The minimum Gasteiger partial charge on any atom is -0.352 e. The minimum atomic E-state index is -0.749. The molecular weight excluding hydrogens is 218 g/mol. The van der Waals surface area contributed by atoms with Crippen LogP contribution >= 0.6 is 0 Å². The Morgan fingerprint density at radius 1 is 1.41 bits per heavy atom. The molecule has 3 amide bonds. The predicted molar refractivity (Wildman–Crippen MR) is 64.6 cm³/mol. The number of hydrogen-bond acceptors (Lipinski definition) is 2. The molecule has 0 atom stereocenters. The van der Waals surface area contributed by atoms with Crippen molar-refractivity contribution in [2.24, 2.45) is 0 Å². The van der Waals surface area contributed by atoms with E-state index in [2.05, 4.69) is 10.6 Å². The highest BCUT2D eigenvalue weighted by atomic mass is 16.2. The number of nitrogens with zero attached hydrogens (tertiary/aromatic N) is 1. The zero-order valence-corrected chi connectivity index (χ0v) is 10.6. The van der Waals surface area contributed by atoms with Crippen LogP contribution < -0.4 is 10.6 Å². The van der Waals surface area contributed by atoms with Crippen molar-refractivity contribution in [2.75, 3.05) is 13.1 Å². The predicted octanol–water partition coefficient (Wildman–Crippen LogP) is 0.849. The van der Waals surface area contributed by atoms with Gasteiger partial charge in [0, 0.05) is 19.1 Å². The molecule has 0 aromatic heterocycles. The van der Waals surface area contributed by atoms with E-state index < -0.39 is 5.54 Å². The summed E-state index contributed by atoms with van der Waals surface area (Å²) in [5.74, 6) is -0.0784. The molecular formula is C12H21N3O2. The quantitative estimate of drug-likeness (QED) is 0.712. The number of rotatable bonds is 1. The Balaban J connectivity index is 1.99. The van der Waals surface area contributed by atoms with Crippen LogP contribution in [0.1, 0.15) is 39.5 Å². The zero-order valence-electron chi connectivity index (χ0n) is 10.6. The molecule has 1 saturated heterocycles. The summed E-state index contributed by atoms with van der Waals surface area (Å²) in [6.07, 6.45) is 4.50. The molecule has 1 aliphatic heterocycles. The van der Waals surface area contributed by atoms with Crippen molar-refractivity contribution in [3.8, 4) is 0 Å². The fourth-order valence-corrected chi connectivity index (χ4v) is 2.58. The van der Waals surface area contributed by atoms with Gasteiger partial charge in [0.2, 0.25) is 5.91 Å². The maximum Gasteiger partial charge on any atom is 0.318 e. The van der Waals surface area contributed by atoms with E-state index in [1.807, 2.05) is 0 Å². The van der Waals surface area contributed by atoms with E-state index in [-0.39, 0.29) is 11.9 Å². The average Bonchev–Trinajstić information content (AvgIpc) is 2.74. The van der Waals surface area contributed by atoms with E-state index in [0.29, 0.717) is 19.1 Å². The summed E-state index contributed by atoms with van der Waals surface area (Å²) in [6, 6.07) is 0.194. The van der Waals surface area contributed by atoms with Gasteiger partial charge in [-0.1, -0.05) is 12.8 Å². The van der Waals surface area contributed by atoms with Gasteiger partial charge in [-0.25, -0.2) is 4.79 Å². The van der Waals surface area contributed by atoms with Crippen LogP contribution in [0, 0.1) is 0 Å². The van der Waals surface area contributed by atoms with Crippen molar-refractivity contribution < 1.29 is 9.59 Å². The van der Waals surface area contributed by atoms with E-state index in [4.69, 9.17) is 0 Å². The second kappa shape index (κ2) is 4.55. The molecule has 0 aromatic carbocycles. The van der Waals surface area contributed by atoms with E-state index in [1.54, 1.807) is 18.7 Å². The lowest BCUT2D eigenvalue weighted by atomic mass is 9.99. The summed E-state index contributed by atoms with van der Waals surface area (Å²) < 4.78 is 0. The van der Waals surface area contributed by atoms with E-state index in [9.17, 15) is 9.59 Å². The molecule has 2 N–H and O–H groups in total. The third-order valence-electron chi connectivity index (χ3n) is 3.78. The van der Waals surface area contributed by atoms with Gasteiger partial charge in [-0.3, -0.25) is 4.79 Å². The molecule has 5 heteroatoms. The maximum atomic E-state index is 12.2. The Morgan fingerprint density at radius 2 is 2.06 bits per heavy atom. The first-order valence-electron chi connectivity index (χ1n) is 6.38. The zero-order chi connectivity index (χ0) is 12.5. The lowest BCUT2D eigenvalue weighted by Crippen LogP contribution is -2.65. The Kier molecular flexibility index (Phi) is 3.26. The molecule has 1 saturated carbocycles. The molecule has 0 unspecified atom stereocenters.